The van der Waals surface area contributed by atoms with Crippen LogP contribution in [0, 0.1) is 0 Å². The lowest BCUT2D eigenvalue weighted by molar-refractivity contribution is 0.340. The van der Waals surface area contributed by atoms with E-state index in [1.807, 2.05) is 37.3 Å². The normalized spacial score (nSPS) is 10.5. The molecule has 0 spiro atoms. The Morgan fingerprint density at radius 2 is 2.05 bits per heavy atom. The van der Waals surface area contributed by atoms with Gasteiger partial charge in [0.05, 0.1) is 17.5 Å². The average molecular weight is 282 g/mol. The molecule has 0 fully saturated rings. The van der Waals surface area contributed by atoms with Crippen molar-refractivity contribution in [2.24, 2.45) is 0 Å². The van der Waals surface area contributed by atoms with E-state index in [0.29, 0.717) is 17.5 Å². The van der Waals surface area contributed by atoms with E-state index in [2.05, 4.69) is 10.3 Å². The van der Waals surface area contributed by atoms with Crippen LogP contribution in [0.1, 0.15) is 6.92 Å². The summed E-state index contributed by atoms with van der Waals surface area (Å²) >= 11 is 0. The molecule has 1 heterocycles. The van der Waals surface area contributed by atoms with Crippen LogP contribution in [0.2, 0.25) is 0 Å². The number of benzene rings is 2. The van der Waals surface area contributed by atoms with Gasteiger partial charge in [-0.2, -0.15) is 4.98 Å². The summed E-state index contributed by atoms with van der Waals surface area (Å²) in [5.74, 6) is 0.741. The first-order chi connectivity index (χ1) is 10.3. The number of fused-ring (bicyclic) bond motifs is 1. The highest BCUT2D eigenvalue weighted by Gasteiger charge is 2.06. The Morgan fingerprint density at radius 1 is 1.19 bits per heavy atom. The van der Waals surface area contributed by atoms with Crippen molar-refractivity contribution in [1.82, 2.24) is 4.98 Å². The quantitative estimate of drug-likeness (QED) is 0.795. The van der Waals surface area contributed by atoms with E-state index >= 15 is 0 Å². The number of ether oxygens (including phenoxy) is 1. The van der Waals surface area contributed by atoms with Crippen molar-refractivity contribution in [1.29, 1.82) is 0 Å². The second-order valence-corrected chi connectivity index (χ2v) is 4.41. The molecular weight excluding hydrogens is 268 g/mol. The molecule has 2 aromatic carbocycles. The van der Waals surface area contributed by atoms with Gasteiger partial charge in [-0.15, -0.1) is 0 Å². The molecule has 3 aromatic rings. The van der Waals surface area contributed by atoms with Crippen LogP contribution >= 0.6 is 0 Å². The fraction of sp³-hybridized carbons (Fsp3) is 0.125. The number of rotatable bonds is 4. The van der Waals surface area contributed by atoms with Gasteiger partial charge in [0.25, 0.3) is 0 Å². The lowest BCUT2D eigenvalue weighted by Gasteiger charge is -2.07. The van der Waals surface area contributed by atoms with Crippen LogP contribution in [0.5, 0.6) is 5.75 Å². The van der Waals surface area contributed by atoms with E-state index in [9.17, 15) is 4.79 Å². The third-order valence-corrected chi connectivity index (χ3v) is 2.93. The van der Waals surface area contributed by atoms with Gasteiger partial charge in [-0.05, 0) is 31.2 Å². The largest absolute Gasteiger partial charge is 0.494 e. The molecule has 0 aliphatic heterocycles. The summed E-state index contributed by atoms with van der Waals surface area (Å²) in [7, 11) is 0. The highest BCUT2D eigenvalue weighted by atomic mass is 16.5. The number of hydrogen-bond donors (Lipinski definition) is 1. The SMILES string of the molecule is CCOc1cccc(Nc2nc3ccccc3c(=O)o2)c1. The Labute approximate surface area is 121 Å². The van der Waals surface area contributed by atoms with Crippen LogP contribution in [0.3, 0.4) is 0 Å². The van der Waals surface area contributed by atoms with Crippen molar-refractivity contribution in [2.75, 3.05) is 11.9 Å². The Morgan fingerprint density at radius 3 is 2.90 bits per heavy atom. The number of para-hydroxylation sites is 1. The Hall–Kier alpha value is -2.82. The molecule has 3 rings (SSSR count). The number of anilines is 2. The Kier molecular flexibility index (Phi) is 3.55. The van der Waals surface area contributed by atoms with Gasteiger partial charge in [0.1, 0.15) is 5.75 Å². The summed E-state index contributed by atoms with van der Waals surface area (Å²) in [4.78, 5) is 16.2. The van der Waals surface area contributed by atoms with Crippen LogP contribution in [0.15, 0.2) is 57.7 Å². The number of nitrogens with one attached hydrogen (secondary N) is 1. The van der Waals surface area contributed by atoms with E-state index in [4.69, 9.17) is 9.15 Å². The van der Waals surface area contributed by atoms with Gasteiger partial charge in [0, 0.05) is 11.8 Å². The highest BCUT2D eigenvalue weighted by molar-refractivity contribution is 5.78. The predicted octanol–water partition coefficient (Wildman–Crippen LogP) is 3.33. The van der Waals surface area contributed by atoms with Crippen LogP contribution in [-0.4, -0.2) is 11.6 Å². The fourth-order valence-electron chi connectivity index (χ4n) is 2.03. The van der Waals surface area contributed by atoms with E-state index in [1.165, 1.54) is 0 Å². The van der Waals surface area contributed by atoms with Crippen molar-refractivity contribution in [2.45, 2.75) is 6.92 Å². The second kappa shape index (κ2) is 5.66. The van der Waals surface area contributed by atoms with Crippen LogP contribution in [0.4, 0.5) is 11.7 Å². The van der Waals surface area contributed by atoms with Gasteiger partial charge in [-0.25, -0.2) is 4.79 Å². The van der Waals surface area contributed by atoms with Crippen molar-refractivity contribution >= 4 is 22.6 Å². The molecule has 0 amide bonds. The lowest BCUT2D eigenvalue weighted by atomic mass is 10.2. The van der Waals surface area contributed by atoms with Crippen LogP contribution in [0.25, 0.3) is 10.9 Å². The smallest absolute Gasteiger partial charge is 0.348 e. The predicted molar refractivity (Wildman–Crippen MR) is 81.2 cm³/mol. The minimum Gasteiger partial charge on any atom is -0.494 e. The molecule has 0 saturated heterocycles. The number of aromatic nitrogens is 1. The molecule has 1 N–H and O–H groups in total. The molecule has 0 radical (unpaired) electrons. The molecule has 0 saturated carbocycles. The molecule has 5 nitrogen and oxygen atoms in total. The zero-order valence-corrected chi connectivity index (χ0v) is 11.5. The molecule has 0 atom stereocenters. The standard InChI is InChI=1S/C16H14N2O3/c1-2-20-12-7-5-6-11(10-12)17-16-18-14-9-4-3-8-13(14)15(19)21-16/h3-10H,2H2,1H3,(H,17,18). The molecule has 21 heavy (non-hydrogen) atoms. The van der Waals surface area contributed by atoms with Crippen molar-refractivity contribution in [3.05, 3.63) is 59.0 Å². The molecular formula is C16H14N2O3. The molecule has 5 heteroatoms. The molecule has 0 aliphatic rings. The summed E-state index contributed by atoms with van der Waals surface area (Å²) in [6, 6.07) is 14.6. The monoisotopic (exact) mass is 282 g/mol. The van der Waals surface area contributed by atoms with Gasteiger partial charge in [-0.3, -0.25) is 0 Å². The Bertz CT molecular complexity index is 827. The molecule has 106 valence electrons. The third-order valence-electron chi connectivity index (χ3n) is 2.93. The summed E-state index contributed by atoms with van der Waals surface area (Å²) < 4.78 is 10.6. The summed E-state index contributed by atoms with van der Waals surface area (Å²) in [6.07, 6.45) is 0. The van der Waals surface area contributed by atoms with E-state index in [1.54, 1.807) is 18.2 Å². The van der Waals surface area contributed by atoms with E-state index in [0.717, 1.165) is 11.4 Å². The minimum absolute atomic E-state index is 0.160. The molecule has 0 bridgehead atoms. The number of hydrogen-bond acceptors (Lipinski definition) is 5. The zero-order valence-electron chi connectivity index (χ0n) is 11.5. The van der Waals surface area contributed by atoms with E-state index < -0.39 is 5.63 Å². The molecule has 0 aliphatic carbocycles. The van der Waals surface area contributed by atoms with Gasteiger partial charge in [-0.1, -0.05) is 18.2 Å². The first kappa shape index (κ1) is 13.2. The summed E-state index contributed by atoms with van der Waals surface area (Å²) in [6.45, 7) is 2.51. The van der Waals surface area contributed by atoms with Crippen molar-refractivity contribution in [3.8, 4) is 5.75 Å². The topological polar surface area (TPSA) is 64.4 Å². The fourth-order valence-corrected chi connectivity index (χ4v) is 2.03. The van der Waals surface area contributed by atoms with Gasteiger partial charge in [0.15, 0.2) is 0 Å². The summed E-state index contributed by atoms with van der Waals surface area (Å²) in [5.41, 5.74) is 0.924. The van der Waals surface area contributed by atoms with Crippen LogP contribution < -0.4 is 15.7 Å². The highest BCUT2D eigenvalue weighted by Crippen LogP contribution is 2.21. The average Bonchev–Trinajstić information content (AvgIpc) is 2.48. The summed E-state index contributed by atoms with van der Waals surface area (Å²) in [5, 5.41) is 3.44. The minimum atomic E-state index is -0.413. The van der Waals surface area contributed by atoms with Crippen molar-refractivity contribution in [3.63, 3.8) is 0 Å². The first-order valence-corrected chi connectivity index (χ1v) is 6.66. The molecule has 0 unspecified atom stereocenters. The maximum absolute atomic E-state index is 11.9. The maximum atomic E-state index is 11.9. The zero-order chi connectivity index (χ0) is 14.7. The maximum Gasteiger partial charge on any atom is 0.348 e. The van der Waals surface area contributed by atoms with Crippen LogP contribution in [-0.2, 0) is 0 Å². The molecule has 1 aromatic heterocycles. The van der Waals surface area contributed by atoms with Gasteiger partial charge >= 0.3 is 11.6 Å². The third kappa shape index (κ3) is 2.86. The van der Waals surface area contributed by atoms with Gasteiger partial charge in [0.2, 0.25) is 0 Å². The number of nitrogens with zero attached hydrogens (tertiary/aromatic N) is 1. The van der Waals surface area contributed by atoms with Crippen molar-refractivity contribution < 1.29 is 9.15 Å². The lowest BCUT2D eigenvalue weighted by Crippen LogP contribution is -2.05. The second-order valence-electron chi connectivity index (χ2n) is 4.41. The van der Waals surface area contributed by atoms with Gasteiger partial charge < -0.3 is 14.5 Å². The van der Waals surface area contributed by atoms with E-state index in [-0.39, 0.29) is 6.01 Å². The first-order valence-electron chi connectivity index (χ1n) is 6.66. The Balaban J connectivity index is 1.94.